The molecule has 18 nitrogen and oxygen atoms in total. The summed E-state index contributed by atoms with van der Waals surface area (Å²) in [6, 6.07) is 15.3. The number of amides is 5. The molecule has 6 rings (SSSR count). The number of likely N-dealkylation sites (N-methyl/N-ethyl adjacent to an activating group) is 1. The number of nitriles is 1. The lowest BCUT2D eigenvalue weighted by molar-refractivity contribution is -0.141. The van der Waals surface area contributed by atoms with Gasteiger partial charge in [0.1, 0.15) is 55.4 Å². The van der Waals surface area contributed by atoms with Crippen LogP contribution in [0.25, 0.3) is 22.5 Å². The average molecular weight is 916 g/mol. The number of rotatable bonds is 16. The first-order valence-corrected chi connectivity index (χ1v) is 22.8. The highest BCUT2D eigenvalue weighted by atomic mass is 16.5. The zero-order valence-corrected chi connectivity index (χ0v) is 38.3. The van der Waals surface area contributed by atoms with E-state index < -0.39 is 53.7 Å². The summed E-state index contributed by atoms with van der Waals surface area (Å²) in [7, 11) is 1.42. The maximum absolute atomic E-state index is 14.7. The number of ether oxygens (including phenoxy) is 2. The van der Waals surface area contributed by atoms with Gasteiger partial charge < -0.3 is 52.8 Å². The molecule has 67 heavy (non-hydrogen) atoms. The molecule has 10 N–H and O–H groups in total. The molecule has 0 saturated heterocycles. The summed E-state index contributed by atoms with van der Waals surface area (Å²) < 4.78 is 12.2. The lowest BCUT2D eigenvalue weighted by Crippen LogP contribution is -2.56. The number of nitrogens with two attached hydrogens (primary N) is 3. The van der Waals surface area contributed by atoms with E-state index in [1.165, 1.54) is 62.7 Å². The molecule has 4 bridgehead atoms. The van der Waals surface area contributed by atoms with E-state index in [-0.39, 0.29) is 57.8 Å². The first-order chi connectivity index (χ1) is 32.4. The van der Waals surface area contributed by atoms with Crippen molar-refractivity contribution in [2.45, 2.75) is 88.9 Å². The zero-order valence-electron chi connectivity index (χ0n) is 38.3. The minimum atomic E-state index is -1.40. The summed E-state index contributed by atoms with van der Waals surface area (Å²) in [5.41, 5.74) is 22.3. The number of hydrogen-bond donors (Lipinski definition) is 7. The van der Waals surface area contributed by atoms with Crippen molar-refractivity contribution in [1.29, 1.82) is 5.26 Å². The predicted octanol–water partition coefficient (Wildman–Crippen LogP) is 2.67. The van der Waals surface area contributed by atoms with Crippen molar-refractivity contribution < 1.29 is 33.4 Å². The van der Waals surface area contributed by atoms with Crippen molar-refractivity contribution in [3.05, 3.63) is 94.8 Å². The second-order valence-corrected chi connectivity index (χ2v) is 16.8. The molecular formula is C49H61N11O7. The van der Waals surface area contributed by atoms with Crippen LogP contribution in [0.3, 0.4) is 0 Å². The quantitative estimate of drug-likeness (QED) is 0.0798. The van der Waals surface area contributed by atoms with Crippen LogP contribution in [0.2, 0.25) is 0 Å². The Kier molecular flexibility index (Phi) is 17.4. The first-order valence-electron chi connectivity index (χ1n) is 22.8. The highest BCUT2D eigenvalue weighted by Gasteiger charge is 2.36. The topological polar surface area (TPSA) is 283 Å². The summed E-state index contributed by atoms with van der Waals surface area (Å²) in [6.07, 6.45) is 7.57. The minimum absolute atomic E-state index is 0.00453. The summed E-state index contributed by atoms with van der Waals surface area (Å²) >= 11 is 0. The standard InChI is InChI=1S/C49H61N11O7/c1-29-38(28-55-44(56-29)34-12-10-33(11-13-34)32-7-5-4-6-8-32)46(62)58-39(17-18-50)49(65)60(3)43-35-14-16-42(67-24-21-53)37(27-35)36-25-31(9-15-41(36)66-23-20-52)26-40(47(63)54-22-19-51)59-45(61)30(2)57-48(43)64/h9-16,25,27-28,30,32,39-40,43H,4-8,17-18,20-24,26,50,52-53H2,1-3H3,(H,54,63)(H,57,64)(H,58,62)(H,59,61)/t30-,39-,40-,43-/m0/s1. The molecule has 1 fully saturated rings. The smallest absolute Gasteiger partial charge is 0.255 e. The first kappa shape index (κ1) is 49.5. The fourth-order valence-electron chi connectivity index (χ4n) is 8.53. The van der Waals surface area contributed by atoms with Crippen LogP contribution in [0, 0.1) is 18.3 Å². The van der Waals surface area contributed by atoms with Gasteiger partial charge in [-0.15, -0.1) is 0 Å². The van der Waals surface area contributed by atoms with Gasteiger partial charge in [0.15, 0.2) is 5.82 Å². The lowest BCUT2D eigenvalue weighted by Gasteiger charge is -2.32. The second kappa shape index (κ2) is 23.5. The van der Waals surface area contributed by atoms with Crippen molar-refractivity contribution in [2.75, 3.05) is 46.4 Å². The summed E-state index contributed by atoms with van der Waals surface area (Å²) in [6.45, 7) is 3.52. The van der Waals surface area contributed by atoms with E-state index in [4.69, 9.17) is 26.7 Å². The van der Waals surface area contributed by atoms with Gasteiger partial charge in [0.2, 0.25) is 23.6 Å². The Balaban J connectivity index is 1.34. The van der Waals surface area contributed by atoms with E-state index in [1.54, 1.807) is 43.3 Å². The third-order valence-electron chi connectivity index (χ3n) is 12.1. The van der Waals surface area contributed by atoms with E-state index >= 15 is 0 Å². The van der Waals surface area contributed by atoms with E-state index in [2.05, 4.69) is 43.4 Å². The number of nitrogens with zero attached hydrogens (tertiary/aromatic N) is 4. The lowest BCUT2D eigenvalue weighted by atomic mass is 9.84. The molecule has 4 aromatic rings. The van der Waals surface area contributed by atoms with Crippen LogP contribution in [0.1, 0.15) is 90.2 Å². The minimum Gasteiger partial charge on any atom is -0.492 e. The van der Waals surface area contributed by atoms with Gasteiger partial charge >= 0.3 is 0 Å². The third kappa shape index (κ3) is 12.3. The Morgan fingerprint density at radius 2 is 1.54 bits per heavy atom. The molecular weight excluding hydrogens is 855 g/mol. The van der Waals surface area contributed by atoms with Crippen LogP contribution in [-0.2, 0) is 25.6 Å². The van der Waals surface area contributed by atoms with E-state index in [0.717, 1.165) is 5.56 Å². The van der Waals surface area contributed by atoms with Crippen molar-refractivity contribution in [1.82, 2.24) is 36.1 Å². The second-order valence-electron chi connectivity index (χ2n) is 16.8. The molecule has 1 aliphatic carbocycles. The van der Waals surface area contributed by atoms with Crippen LogP contribution in [0.4, 0.5) is 0 Å². The Morgan fingerprint density at radius 3 is 2.18 bits per heavy atom. The van der Waals surface area contributed by atoms with E-state index in [1.807, 2.05) is 18.2 Å². The number of carbonyl (C=O) groups excluding carboxylic acids is 5. The highest BCUT2D eigenvalue weighted by Crippen LogP contribution is 2.40. The zero-order chi connectivity index (χ0) is 48.0. The number of hydrogen-bond acceptors (Lipinski definition) is 13. The third-order valence-corrected chi connectivity index (χ3v) is 12.1. The molecule has 0 unspecified atom stereocenters. The van der Waals surface area contributed by atoms with Crippen LogP contribution in [0.5, 0.6) is 11.5 Å². The predicted molar refractivity (Wildman–Crippen MR) is 251 cm³/mol. The SMILES string of the molecule is Cc1nc(-c2ccc(C3CCCCC3)cc2)ncc1C(=O)N[C@@H](CCN)C(=O)N(C)[C@@H]1C(=O)N[C@@H](C)C(=O)N[C@H](C(=O)NCC#N)Cc2ccc(OCCN)c(c2)-c2cc1ccc2OCCN. The Hall–Kier alpha value is -6.94. The van der Waals surface area contributed by atoms with E-state index in [0.29, 0.717) is 51.2 Å². The molecule has 1 aromatic heterocycles. The van der Waals surface area contributed by atoms with Gasteiger partial charge in [-0.3, -0.25) is 24.0 Å². The van der Waals surface area contributed by atoms with Crippen LogP contribution >= 0.6 is 0 Å². The fraction of sp³-hybridized carbons (Fsp3) is 0.429. The molecule has 5 amide bonds. The van der Waals surface area contributed by atoms with Crippen LogP contribution in [0.15, 0.2) is 66.9 Å². The molecule has 18 heteroatoms. The number of aryl methyl sites for hydroxylation is 1. The summed E-state index contributed by atoms with van der Waals surface area (Å²) in [4.78, 5) is 80.7. The van der Waals surface area contributed by atoms with Crippen molar-refractivity contribution in [3.8, 4) is 40.1 Å². The van der Waals surface area contributed by atoms with Gasteiger partial charge in [0.05, 0.1) is 17.3 Å². The molecule has 0 spiro atoms. The summed E-state index contributed by atoms with van der Waals surface area (Å²) in [5.74, 6) is -1.54. The van der Waals surface area contributed by atoms with Crippen LogP contribution < -0.4 is 47.9 Å². The van der Waals surface area contributed by atoms with Crippen molar-refractivity contribution in [2.24, 2.45) is 17.2 Å². The molecule has 3 aromatic carbocycles. The number of fused-ring (bicyclic) bond motifs is 5. The molecule has 1 saturated carbocycles. The highest BCUT2D eigenvalue weighted by molar-refractivity contribution is 6.00. The number of nitrogens with one attached hydrogen (secondary N) is 4. The molecule has 2 aliphatic rings. The average Bonchev–Trinajstić information content (AvgIpc) is 3.34. The number of carbonyl (C=O) groups is 5. The maximum atomic E-state index is 14.7. The Bertz CT molecular complexity index is 2450. The normalized spacial score (nSPS) is 18.0. The van der Waals surface area contributed by atoms with Gasteiger partial charge in [-0.2, -0.15) is 5.26 Å². The molecule has 4 atom stereocenters. The van der Waals surface area contributed by atoms with Gasteiger partial charge in [0.25, 0.3) is 5.91 Å². The van der Waals surface area contributed by atoms with Crippen molar-refractivity contribution in [3.63, 3.8) is 0 Å². The Labute approximate surface area is 390 Å². The molecule has 1 aliphatic heterocycles. The van der Waals surface area contributed by atoms with Gasteiger partial charge in [-0.05, 0) is 86.5 Å². The fourth-order valence-corrected chi connectivity index (χ4v) is 8.53. The van der Waals surface area contributed by atoms with Gasteiger partial charge in [0, 0.05) is 49.4 Å². The van der Waals surface area contributed by atoms with Crippen molar-refractivity contribution >= 4 is 29.5 Å². The monoisotopic (exact) mass is 915 g/mol. The van der Waals surface area contributed by atoms with Gasteiger partial charge in [-0.1, -0.05) is 55.7 Å². The summed E-state index contributed by atoms with van der Waals surface area (Å²) in [5, 5.41) is 19.9. The number of benzene rings is 3. The maximum Gasteiger partial charge on any atom is 0.255 e. The molecule has 0 radical (unpaired) electrons. The molecule has 354 valence electrons. The van der Waals surface area contributed by atoms with Gasteiger partial charge in [-0.25, -0.2) is 9.97 Å². The Morgan fingerprint density at radius 1 is 0.881 bits per heavy atom. The van der Waals surface area contributed by atoms with Crippen LogP contribution in [-0.4, -0.2) is 109 Å². The molecule has 2 heterocycles. The van der Waals surface area contributed by atoms with E-state index in [9.17, 15) is 29.2 Å². The largest absolute Gasteiger partial charge is 0.492 e. The number of aromatic nitrogens is 2.